The van der Waals surface area contributed by atoms with Gasteiger partial charge in [-0.1, -0.05) is 0 Å². The number of ether oxygens (including phenoxy) is 1. The number of anilines is 1. The molecule has 0 aliphatic heterocycles. The Labute approximate surface area is 82.5 Å². The van der Waals surface area contributed by atoms with E-state index >= 15 is 0 Å². The standard InChI is InChI=1S/C11H12N2O/c1-7-9-4-3-8(14-2)5-11(9)13-6-10(7)12/h3-6H,12H2,1-2H3. The lowest BCUT2D eigenvalue weighted by Crippen LogP contribution is -1.93. The lowest BCUT2D eigenvalue weighted by Gasteiger charge is -2.06. The van der Waals surface area contributed by atoms with Crippen molar-refractivity contribution in [2.45, 2.75) is 6.92 Å². The van der Waals surface area contributed by atoms with Crippen LogP contribution in [0.3, 0.4) is 0 Å². The summed E-state index contributed by atoms with van der Waals surface area (Å²) in [6.45, 7) is 1.99. The van der Waals surface area contributed by atoms with Gasteiger partial charge in [-0.15, -0.1) is 0 Å². The van der Waals surface area contributed by atoms with Crippen LogP contribution < -0.4 is 10.5 Å². The van der Waals surface area contributed by atoms with Gasteiger partial charge < -0.3 is 10.5 Å². The zero-order chi connectivity index (χ0) is 10.1. The van der Waals surface area contributed by atoms with Crippen LogP contribution >= 0.6 is 0 Å². The summed E-state index contributed by atoms with van der Waals surface area (Å²) in [6.07, 6.45) is 1.68. The maximum absolute atomic E-state index is 5.76. The van der Waals surface area contributed by atoms with Gasteiger partial charge in [0.05, 0.1) is 24.5 Å². The van der Waals surface area contributed by atoms with E-state index in [2.05, 4.69) is 4.98 Å². The average Bonchev–Trinajstić information content (AvgIpc) is 2.23. The fraction of sp³-hybridized carbons (Fsp3) is 0.182. The topological polar surface area (TPSA) is 48.1 Å². The van der Waals surface area contributed by atoms with E-state index in [1.54, 1.807) is 13.3 Å². The Morgan fingerprint density at radius 3 is 2.86 bits per heavy atom. The van der Waals surface area contributed by atoms with Gasteiger partial charge in [-0.3, -0.25) is 4.98 Å². The van der Waals surface area contributed by atoms with Crippen molar-refractivity contribution < 1.29 is 4.74 Å². The van der Waals surface area contributed by atoms with Crippen LogP contribution in [0.15, 0.2) is 24.4 Å². The van der Waals surface area contributed by atoms with Gasteiger partial charge in [-0.05, 0) is 24.6 Å². The van der Waals surface area contributed by atoms with Crippen LogP contribution in [0.25, 0.3) is 10.9 Å². The molecule has 3 heteroatoms. The molecule has 1 heterocycles. The van der Waals surface area contributed by atoms with Gasteiger partial charge in [0.25, 0.3) is 0 Å². The maximum atomic E-state index is 5.76. The molecule has 0 unspecified atom stereocenters. The highest BCUT2D eigenvalue weighted by Gasteiger charge is 2.02. The van der Waals surface area contributed by atoms with Crippen LogP contribution in [0.5, 0.6) is 5.75 Å². The number of hydrogen-bond donors (Lipinski definition) is 1. The van der Waals surface area contributed by atoms with Crippen LogP contribution in [0.4, 0.5) is 5.69 Å². The Balaban J connectivity index is 2.74. The minimum absolute atomic E-state index is 0.725. The summed E-state index contributed by atoms with van der Waals surface area (Å²) in [4.78, 5) is 4.25. The van der Waals surface area contributed by atoms with Crippen molar-refractivity contribution in [1.29, 1.82) is 0 Å². The normalized spacial score (nSPS) is 10.4. The van der Waals surface area contributed by atoms with Crippen LogP contribution in [0.2, 0.25) is 0 Å². The average molecular weight is 188 g/mol. The van der Waals surface area contributed by atoms with Gasteiger partial charge in [0.15, 0.2) is 0 Å². The molecule has 0 radical (unpaired) electrons. The van der Waals surface area contributed by atoms with E-state index in [1.165, 1.54) is 0 Å². The Hall–Kier alpha value is -1.77. The number of fused-ring (bicyclic) bond motifs is 1. The van der Waals surface area contributed by atoms with Crippen molar-refractivity contribution in [3.63, 3.8) is 0 Å². The van der Waals surface area contributed by atoms with E-state index < -0.39 is 0 Å². The lowest BCUT2D eigenvalue weighted by atomic mass is 10.1. The Kier molecular flexibility index (Phi) is 2.00. The third-order valence-corrected chi connectivity index (χ3v) is 2.38. The molecule has 0 fully saturated rings. The number of methoxy groups -OCH3 is 1. The third kappa shape index (κ3) is 1.27. The number of nitrogens with zero attached hydrogens (tertiary/aromatic N) is 1. The molecule has 2 rings (SSSR count). The largest absolute Gasteiger partial charge is 0.497 e. The number of aromatic nitrogens is 1. The molecule has 0 aliphatic carbocycles. The fourth-order valence-corrected chi connectivity index (χ4v) is 1.45. The van der Waals surface area contributed by atoms with Gasteiger partial charge in [-0.2, -0.15) is 0 Å². The predicted octanol–water partition coefficient (Wildman–Crippen LogP) is 2.13. The van der Waals surface area contributed by atoms with E-state index in [0.29, 0.717) is 0 Å². The van der Waals surface area contributed by atoms with Crippen LogP contribution in [-0.2, 0) is 0 Å². The van der Waals surface area contributed by atoms with Crippen molar-refractivity contribution in [1.82, 2.24) is 4.98 Å². The van der Waals surface area contributed by atoms with Crippen molar-refractivity contribution in [2.75, 3.05) is 12.8 Å². The molecule has 0 saturated heterocycles. The highest BCUT2D eigenvalue weighted by molar-refractivity contribution is 5.86. The zero-order valence-electron chi connectivity index (χ0n) is 8.24. The highest BCUT2D eigenvalue weighted by atomic mass is 16.5. The molecule has 2 aromatic rings. The number of nitrogens with two attached hydrogens (primary N) is 1. The summed E-state index contributed by atoms with van der Waals surface area (Å²) < 4.78 is 5.12. The minimum atomic E-state index is 0.725. The summed E-state index contributed by atoms with van der Waals surface area (Å²) >= 11 is 0. The summed E-state index contributed by atoms with van der Waals surface area (Å²) in [7, 11) is 1.64. The van der Waals surface area contributed by atoms with E-state index in [1.807, 2.05) is 25.1 Å². The first kappa shape index (κ1) is 8.81. The van der Waals surface area contributed by atoms with Crippen molar-refractivity contribution in [3.05, 3.63) is 30.0 Å². The molecule has 1 aromatic carbocycles. The highest BCUT2D eigenvalue weighted by Crippen LogP contribution is 2.24. The van der Waals surface area contributed by atoms with Gasteiger partial charge in [0.1, 0.15) is 5.75 Å². The van der Waals surface area contributed by atoms with E-state index in [0.717, 1.165) is 27.9 Å². The molecule has 0 saturated carbocycles. The second-order valence-corrected chi connectivity index (χ2v) is 3.22. The van der Waals surface area contributed by atoms with E-state index in [4.69, 9.17) is 10.5 Å². The number of pyridine rings is 1. The Morgan fingerprint density at radius 1 is 1.36 bits per heavy atom. The molecular weight excluding hydrogens is 176 g/mol. The monoisotopic (exact) mass is 188 g/mol. The molecule has 14 heavy (non-hydrogen) atoms. The first-order chi connectivity index (χ1) is 6.72. The molecule has 0 atom stereocenters. The molecule has 0 aliphatic rings. The number of rotatable bonds is 1. The fourth-order valence-electron chi connectivity index (χ4n) is 1.45. The molecule has 3 nitrogen and oxygen atoms in total. The maximum Gasteiger partial charge on any atom is 0.121 e. The smallest absolute Gasteiger partial charge is 0.121 e. The predicted molar refractivity (Wildman–Crippen MR) is 57.4 cm³/mol. The molecule has 0 bridgehead atoms. The van der Waals surface area contributed by atoms with Crippen LogP contribution in [0, 0.1) is 6.92 Å². The third-order valence-electron chi connectivity index (χ3n) is 2.38. The minimum Gasteiger partial charge on any atom is -0.497 e. The molecule has 0 spiro atoms. The Bertz CT molecular complexity index is 480. The van der Waals surface area contributed by atoms with Crippen molar-refractivity contribution >= 4 is 16.6 Å². The summed E-state index contributed by atoms with van der Waals surface area (Å²) in [5, 5.41) is 1.07. The molecular formula is C11H12N2O. The first-order valence-corrected chi connectivity index (χ1v) is 4.41. The zero-order valence-corrected chi connectivity index (χ0v) is 8.24. The van der Waals surface area contributed by atoms with Crippen LogP contribution in [0.1, 0.15) is 5.56 Å². The number of hydrogen-bond acceptors (Lipinski definition) is 3. The van der Waals surface area contributed by atoms with Crippen LogP contribution in [-0.4, -0.2) is 12.1 Å². The number of nitrogen functional groups attached to an aromatic ring is 1. The quantitative estimate of drug-likeness (QED) is 0.745. The molecule has 2 N–H and O–H groups in total. The number of benzene rings is 1. The lowest BCUT2D eigenvalue weighted by molar-refractivity contribution is 0.415. The van der Waals surface area contributed by atoms with Gasteiger partial charge in [-0.25, -0.2) is 0 Å². The SMILES string of the molecule is COc1ccc2c(C)c(N)cnc2c1. The molecule has 1 aromatic heterocycles. The summed E-state index contributed by atoms with van der Waals surface area (Å²) in [5.74, 6) is 0.814. The van der Waals surface area contributed by atoms with Gasteiger partial charge in [0.2, 0.25) is 0 Å². The second kappa shape index (κ2) is 3.18. The number of aryl methyl sites for hydroxylation is 1. The second-order valence-electron chi connectivity index (χ2n) is 3.22. The van der Waals surface area contributed by atoms with Gasteiger partial charge >= 0.3 is 0 Å². The van der Waals surface area contributed by atoms with Crippen molar-refractivity contribution in [2.24, 2.45) is 0 Å². The molecule has 72 valence electrons. The van der Waals surface area contributed by atoms with E-state index in [9.17, 15) is 0 Å². The summed E-state index contributed by atoms with van der Waals surface area (Å²) in [6, 6.07) is 5.80. The summed E-state index contributed by atoms with van der Waals surface area (Å²) in [5.41, 5.74) is 8.47. The van der Waals surface area contributed by atoms with Gasteiger partial charge in [0, 0.05) is 11.5 Å². The van der Waals surface area contributed by atoms with Crippen molar-refractivity contribution in [3.8, 4) is 5.75 Å². The molecule has 0 amide bonds. The Morgan fingerprint density at radius 2 is 2.14 bits per heavy atom. The first-order valence-electron chi connectivity index (χ1n) is 4.41. The van der Waals surface area contributed by atoms with E-state index in [-0.39, 0.29) is 0 Å².